The van der Waals surface area contributed by atoms with Gasteiger partial charge in [-0.15, -0.1) is 11.3 Å². The summed E-state index contributed by atoms with van der Waals surface area (Å²) in [6, 6.07) is 3.63. The molecule has 1 aliphatic heterocycles. The van der Waals surface area contributed by atoms with Crippen molar-refractivity contribution >= 4 is 43.9 Å². The molecular formula is C21H24N2O8S2. The Kier molecular flexibility index (Phi) is 7.40. The summed E-state index contributed by atoms with van der Waals surface area (Å²) in [6.45, 7) is 1.89. The molecule has 1 aliphatic rings. The minimum Gasteiger partial charge on any atom is -0.493 e. The van der Waals surface area contributed by atoms with Crippen LogP contribution in [0.4, 0.5) is 5.00 Å². The fourth-order valence-electron chi connectivity index (χ4n) is 3.51. The number of fused-ring (bicyclic) bond motifs is 1. The van der Waals surface area contributed by atoms with E-state index in [1.165, 1.54) is 19.6 Å². The van der Waals surface area contributed by atoms with Crippen molar-refractivity contribution in [1.82, 2.24) is 4.90 Å². The lowest BCUT2D eigenvalue weighted by Gasteiger charge is -2.27. The monoisotopic (exact) mass is 496 g/mol. The van der Waals surface area contributed by atoms with E-state index >= 15 is 0 Å². The summed E-state index contributed by atoms with van der Waals surface area (Å²) in [4.78, 5) is 39.4. The third-order valence-corrected chi connectivity index (χ3v) is 6.66. The van der Waals surface area contributed by atoms with E-state index in [1.807, 2.05) is 0 Å². The van der Waals surface area contributed by atoms with E-state index in [-0.39, 0.29) is 22.7 Å². The van der Waals surface area contributed by atoms with Gasteiger partial charge in [-0.2, -0.15) is 0 Å². The Labute approximate surface area is 195 Å². The van der Waals surface area contributed by atoms with Gasteiger partial charge in [0.05, 0.1) is 36.6 Å². The smallest absolute Gasteiger partial charge is 0.265 e. The van der Waals surface area contributed by atoms with Crippen molar-refractivity contribution in [1.29, 1.82) is 0 Å². The first-order valence-corrected chi connectivity index (χ1v) is 12.8. The van der Waals surface area contributed by atoms with Gasteiger partial charge in [0.25, 0.3) is 17.7 Å². The normalized spacial score (nSPS) is 14.2. The van der Waals surface area contributed by atoms with Gasteiger partial charge in [0.15, 0.2) is 11.5 Å². The van der Waals surface area contributed by atoms with E-state index in [2.05, 4.69) is 5.32 Å². The number of benzene rings is 1. The zero-order valence-corrected chi connectivity index (χ0v) is 20.2. The first-order valence-electron chi connectivity index (χ1n) is 9.87. The number of ether oxygens (including phenoxy) is 3. The first kappa shape index (κ1) is 24.7. The number of nitrogens with zero attached hydrogens (tertiary/aromatic N) is 1. The zero-order chi connectivity index (χ0) is 24.3. The Hall–Kier alpha value is -2.96. The fourth-order valence-corrected chi connectivity index (χ4v) is 5.37. The molecule has 0 saturated heterocycles. The number of amides is 3. The average Bonchev–Trinajstić information content (AvgIpc) is 3.26. The second-order valence-corrected chi connectivity index (χ2v) is 10.3. The molecule has 1 unspecified atom stereocenters. The molecule has 0 saturated carbocycles. The van der Waals surface area contributed by atoms with Crippen molar-refractivity contribution in [3.05, 3.63) is 40.3 Å². The lowest BCUT2D eigenvalue weighted by molar-refractivity contribution is -0.119. The predicted molar refractivity (Wildman–Crippen MR) is 122 cm³/mol. The highest BCUT2D eigenvalue weighted by atomic mass is 32.2. The molecule has 2 aromatic rings. The summed E-state index contributed by atoms with van der Waals surface area (Å²) in [5.74, 6) is -1.50. The van der Waals surface area contributed by atoms with E-state index in [4.69, 9.17) is 14.2 Å². The molecule has 1 N–H and O–H groups in total. The van der Waals surface area contributed by atoms with Crippen LogP contribution < -0.4 is 14.8 Å². The Bertz CT molecular complexity index is 1190. The summed E-state index contributed by atoms with van der Waals surface area (Å²) >= 11 is 1.04. The number of methoxy groups -OCH3 is 2. The van der Waals surface area contributed by atoms with Crippen LogP contribution in [0.5, 0.6) is 11.5 Å². The molecule has 1 aromatic heterocycles. The SMILES string of the molecule is CCOc1cc(C(CS(C)(=O)=O)N2C(=O)c3csc(NC(=O)COC)c3C2=O)ccc1OC. The third-order valence-electron chi connectivity index (χ3n) is 4.85. The molecule has 0 fully saturated rings. The molecule has 0 bridgehead atoms. The molecule has 0 aliphatic carbocycles. The lowest BCUT2D eigenvalue weighted by Crippen LogP contribution is -2.38. The maximum absolute atomic E-state index is 13.3. The van der Waals surface area contributed by atoms with Gasteiger partial charge in [0.2, 0.25) is 0 Å². The number of hydrogen-bond acceptors (Lipinski definition) is 9. The van der Waals surface area contributed by atoms with Gasteiger partial charge in [0.1, 0.15) is 21.4 Å². The molecular weight excluding hydrogens is 472 g/mol. The first-order chi connectivity index (χ1) is 15.6. The van der Waals surface area contributed by atoms with E-state index in [0.29, 0.717) is 23.7 Å². The van der Waals surface area contributed by atoms with E-state index < -0.39 is 39.4 Å². The van der Waals surface area contributed by atoms with Crippen molar-refractivity contribution in [2.24, 2.45) is 0 Å². The molecule has 1 atom stereocenters. The van der Waals surface area contributed by atoms with Gasteiger partial charge >= 0.3 is 0 Å². The largest absolute Gasteiger partial charge is 0.493 e. The van der Waals surface area contributed by atoms with E-state index in [9.17, 15) is 22.8 Å². The molecule has 10 nitrogen and oxygen atoms in total. The van der Waals surface area contributed by atoms with Crippen LogP contribution in [0.15, 0.2) is 23.6 Å². The average molecular weight is 497 g/mol. The second kappa shape index (κ2) is 9.89. The van der Waals surface area contributed by atoms with Gasteiger partial charge < -0.3 is 19.5 Å². The van der Waals surface area contributed by atoms with Crippen molar-refractivity contribution in [3.63, 3.8) is 0 Å². The van der Waals surface area contributed by atoms with E-state index in [1.54, 1.807) is 25.1 Å². The van der Waals surface area contributed by atoms with Gasteiger partial charge in [-0.05, 0) is 24.6 Å². The van der Waals surface area contributed by atoms with Crippen molar-refractivity contribution < 1.29 is 37.0 Å². The number of sulfone groups is 1. The molecule has 3 rings (SSSR count). The summed E-state index contributed by atoms with van der Waals surface area (Å²) in [6.07, 6.45) is 1.03. The van der Waals surface area contributed by atoms with Gasteiger partial charge in [0, 0.05) is 18.7 Å². The highest BCUT2D eigenvalue weighted by molar-refractivity contribution is 7.90. The maximum atomic E-state index is 13.3. The van der Waals surface area contributed by atoms with Crippen molar-refractivity contribution in [2.75, 3.05) is 44.8 Å². The van der Waals surface area contributed by atoms with Gasteiger partial charge in [-0.25, -0.2) is 8.42 Å². The van der Waals surface area contributed by atoms with Crippen LogP contribution >= 0.6 is 11.3 Å². The Morgan fingerprint density at radius 3 is 2.52 bits per heavy atom. The van der Waals surface area contributed by atoms with Crippen LogP contribution in [0.3, 0.4) is 0 Å². The highest BCUT2D eigenvalue weighted by Crippen LogP contribution is 2.41. The van der Waals surface area contributed by atoms with Crippen molar-refractivity contribution in [3.8, 4) is 11.5 Å². The predicted octanol–water partition coefficient (Wildman–Crippen LogP) is 2.12. The maximum Gasteiger partial charge on any atom is 0.265 e. The zero-order valence-electron chi connectivity index (χ0n) is 18.5. The summed E-state index contributed by atoms with van der Waals surface area (Å²) in [5, 5.41) is 4.23. The summed E-state index contributed by atoms with van der Waals surface area (Å²) in [5.41, 5.74) is 0.534. The Morgan fingerprint density at radius 2 is 1.91 bits per heavy atom. The Balaban J connectivity index is 2.04. The number of imide groups is 1. The number of hydrogen-bond donors (Lipinski definition) is 1. The molecule has 2 heterocycles. The quantitative estimate of drug-likeness (QED) is 0.496. The summed E-state index contributed by atoms with van der Waals surface area (Å²) < 4.78 is 40.1. The minimum atomic E-state index is -3.61. The molecule has 178 valence electrons. The van der Waals surface area contributed by atoms with Gasteiger partial charge in [-0.1, -0.05) is 6.07 Å². The molecule has 0 spiro atoms. The number of carbonyl (C=O) groups is 3. The van der Waals surface area contributed by atoms with Crippen LogP contribution in [0, 0.1) is 0 Å². The van der Waals surface area contributed by atoms with Crippen LogP contribution in [-0.2, 0) is 19.4 Å². The van der Waals surface area contributed by atoms with Crippen molar-refractivity contribution in [2.45, 2.75) is 13.0 Å². The highest BCUT2D eigenvalue weighted by Gasteiger charge is 2.44. The molecule has 0 radical (unpaired) electrons. The number of thiophene rings is 1. The topological polar surface area (TPSA) is 128 Å². The van der Waals surface area contributed by atoms with Crippen LogP contribution in [-0.4, -0.2) is 70.5 Å². The number of anilines is 1. The molecule has 3 amide bonds. The lowest BCUT2D eigenvalue weighted by atomic mass is 10.1. The van der Waals surface area contributed by atoms with Crippen LogP contribution in [0.1, 0.15) is 39.2 Å². The standard InChI is InChI=1S/C21H24N2O8S2/c1-5-31-16-8-12(6-7-15(16)30-3)14(11-33(4,27)28)23-20(25)13-10-32-19(18(13)21(23)26)22-17(24)9-29-2/h6-8,10,14H,5,9,11H2,1-4H3,(H,22,24). The third kappa shape index (κ3) is 5.18. The number of rotatable bonds is 10. The molecule has 1 aromatic carbocycles. The summed E-state index contributed by atoms with van der Waals surface area (Å²) in [7, 11) is -0.780. The van der Waals surface area contributed by atoms with Gasteiger partial charge in [-0.3, -0.25) is 19.3 Å². The van der Waals surface area contributed by atoms with E-state index in [0.717, 1.165) is 22.5 Å². The second-order valence-electron chi connectivity index (χ2n) is 7.27. The molecule has 33 heavy (non-hydrogen) atoms. The number of carbonyl (C=O) groups excluding carboxylic acids is 3. The number of nitrogens with one attached hydrogen (secondary N) is 1. The minimum absolute atomic E-state index is 0.0338. The Morgan fingerprint density at radius 1 is 1.18 bits per heavy atom. The molecule has 12 heteroatoms. The van der Waals surface area contributed by atoms with Crippen LogP contribution in [0.25, 0.3) is 0 Å². The van der Waals surface area contributed by atoms with Crippen LogP contribution in [0.2, 0.25) is 0 Å². The fraction of sp³-hybridized carbons (Fsp3) is 0.381.